The van der Waals surface area contributed by atoms with E-state index < -0.39 is 23.1 Å². The maximum atomic E-state index is 13.4. The molecule has 0 saturated carbocycles. The van der Waals surface area contributed by atoms with Crippen molar-refractivity contribution in [1.29, 1.82) is 0 Å². The van der Waals surface area contributed by atoms with E-state index in [0.29, 0.717) is 6.42 Å². The minimum Gasteiger partial charge on any atom is -0.350 e. The van der Waals surface area contributed by atoms with Gasteiger partial charge in [0.25, 0.3) is 5.91 Å². The molecule has 2 nitrogen and oxygen atoms in total. The average Bonchev–Trinajstić information content (AvgIpc) is 2.23. The van der Waals surface area contributed by atoms with Crippen LogP contribution in [0.25, 0.3) is 0 Å². The van der Waals surface area contributed by atoms with E-state index in [9.17, 15) is 13.6 Å². The van der Waals surface area contributed by atoms with Crippen molar-refractivity contribution in [3.05, 3.63) is 35.4 Å². The van der Waals surface area contributed by atoms with Crippen LogP contribution in [-0.4, -0.2) is 17.8 Å². The van der Waals surface area contributed by atoms with Crippen LogP contribution >= 0.6 is 11.6 Å². The molecule has 0 aliphatic rings. The topological polar surface area (TPSA) is 29.1 Å². The van der Waals surface area contributed by atoms with Gasteiger partial charge < -0.3 is 5.32 Å². The summed E-state index contributed by atoms with van der Waals surface area (Å²) in [5.41, 5.74) is -0.539. The highest BCUT2D eigenvalue weighted by Gasteiger charge is 2.20. The van der Waals surface area contributed by atoms with Crippen LogP contribution in [0.4, 0.5) is 8.78 Å². The molecule has 106 valence electrons. The Kier molecular flexibility index (Phi) is 5.29. The number of hydrogen-bond donors (Lipinski definition) is 1. The summed E-state index contributed by atoms with van der Waals surface area (Å²) in [5, 5.41) is 2.17. The zero-order valence-corrected chi connectivity index (χ0v) is 12.0. The summed E-state index contributed by atoms with van der Waals surface area (Å²) >= 11 is 6.07. The van der Waals surface area contributed by atoms with Crippen molar-refractivity contribution >= 4 is 17.5 Å². The Balaban J connectivity index is 2.61. The zero-order valence-electron chi connectivity index (χ0n) is 11.3. The van der Waals surface area contributed by atoms with Gasteiger partial charge in [0.15, 0.2) is 0 Å². The number of alkyl halides is 1. The Morgan fingerprint density at radius 3 is 2.32 bits per heavy atom. The first-order chi connectivity index (χ1) is 8.70. The van der Waals surface area contributed by atoms with Crippen molar-refractivity contribution in [2.45, 2.75) is 32.6 Å². The Morgan fingerprint density at radius 1 is 1.32 bits per heavy atom. The van der Waals surface area contributed by atoms with E-state index in [2.05, 4.69) is 5.32 Å². The largest absolute Gasteiger partial charge is 0.350 e. The summed E-state index contributed by atoms with van der Waals surface area (Å²) in [5.74, 6) is -2.53. The third kappa shape index (κ3) is 5.15. The molecule has 0 spiro atoms. The summed E-state index contributed by atoms with van der Waals surface area (Å²) in [6.45, 7) is 6.26. The lowest BCUT2D eigenvalue weighted by Gasteiger charge is -2.22. The highest BCUT2D eigenvalue weighted by Crippen LogP contribution is 2.23. The minimum absolute atomic E-state index is 0.0282. The van der Waals surface area contributed by atoms with Crippen molar-refractivity contribution < 1.29 is 13.6 Å². The minimum atomic E-state index is -0.876. The quantitative estimate of drug-likeness (QED) is 0.841. The fraction of sp³-hybridized carbons (Fsp3) is 0.500. The van der Waals surface area contributed by atoms with Crippen molar-refractivity contribution in [1.82, 2.24) is 5.32 Å². The Labute approximate surface area is 117 Å². The highest BCUT2D eigenvalue weighted by molar-refractivity contribution is 6.21. The van der Waals surface area contributed by atoms with Gasteiger partial charge in [0.05, 0.1) is 5.38 Å². The normalized spacial score (nSPS) is 13.2. The van der Waals surface area contributed by atoms with Crippen LogP contribution in [0, 0.1) is 17.0 Å². The number of carbonyl (C=O) groups is 1. The molecule has 1 rings (SSSR count). The summed E-state index contributed by atoms with van der Waals surface area (Å²) in [4.78, 5) is 11.7. The van der Waals surface area contributed by atoms with Gasteiger partial charge in [-0.25, -0.2) is 8.78 Å². The predicted octanol–water partition coefficient (Wildman–Crippen LogP) is 3.74. The monoisotopic (exact) mass is 289 g/mol. The molecule has 0 radical (unpaired) electrons. The van der Waals surface area contributed by atoms with E-state index >= 15 is 0 Å². The number of rotatable bonds is 4. The number of amides is 1. The molecule has 0 bridgehead atoms. The van der Waals surface area contributed by atoms with E-state index in [1.807, 2.05) is 20.8 Å². The smallest absolute Gasteiger partial charge is 0.257 e. The second-order valence-corrected chi connectivity index (χ2v) is 6.29. The summed E-state index contributed by atoms with van der Waals surface area (Å²) < 4.78 is 26.7. The molecule has 0 aliphatic heterocycles. The van der Waals surface area contributed by atoms with Gasteiger partial charge in [0.2, 0.25) is 0 Å². The molecule has 1 unspecified atom stereocenters. The summed E-state index contributed by atoms with van der Waals surface area (Å²) in [7, 11) is 0. The Bertz CT molecular complexity index is 437. The van der Waals surface area contributed by atoms with E-state index in [-0.39, 0.29) is 17.3 Å². The van der Waals surface area contributed by atoms with Gasteiger partial charge in [0.1, 0.15) is 17.2 Å². The van der Waals surface area contributed by atoms with Crippen LogP contribution in [0.3, 0.4) is 0 Å². The molecule has 0 aliphatic carbocycles. The average molecular weight is 290 g/mol. The van der Waals surface area contributed by atoms with Crippen LogP contribution in [0.1, 0.15) is 37.6 Å². The lowest BCUT2D eigenvalue weighted by Crippen LogP contribution is -2.32. The van der Waals surface area contributed by atoms with Crippen molar-refractivity contribution in [3.8, 4) is 0 Å². The first-order valence-corrected chi connectivity index (χ1v) is 6.50. The molecule has 1 N–H and O–H groups in total. The SMILES string of the molecule is CC(C)(C)CC(Cl)CNC(=O)c1c(F)cccc1F. The Hall–Kier alpha value is -1.16. The van der Waals surface area contributed by atoms with Crippen LogP contribution in [-0.2, 0) is 0 Å². The van der Waals surface area contributed by atoms with E-state index in [4.69, 9.17) is 11.6 Å². The van der Waals surface area contributed by atoms with Gasteiger partial charge >= 0.3 is 0 Å². The first kappa shape index (κ1) is 15.9. The summed E-state index contributed by atoms with van der Waals surface area (Å²) in [6.07, 6.45) is 0.689. The maximum absolute atomic E-state index is 13.4. The molecule has 0 saturated heterocycles. The lowest BCUT2D eigenvalue weighted by molar-refractivity contribution is 0.0943. The molecule has 1 amide bonds. The number of carbonyl (C=O) groups excluding carboxylic acids is 1. The third-order valence-corrected chi connectivity index (χ3v) is 2.82. The van der Waals surface area contributed by atoms with Gasteiger partial charge in [-0.15, -0.1) is 11.6 Å². The standard InChI is InChI=1S/C14H18ClF2NO/c1-14(2,3)7-9(15)8-18-13(19)12-10(16)5-4-6-11(12)17/h4-6,9H,7-8H2,1-3H3,(H,18,19). The maximum Gasteiger partial charge on any atom is 0.257 e. The van der Waals surface area contributed by atoms with Gasteiger partial charge in [-0.2, -0.15) is 0 Å². The predicted molar refractivity (Wildman–Crippen MR) is 72.4 cm³/mol. The van der Waals surface area contributed by atoms with Gasteiger partial charge in [-0.1, -0.05) is 26.8 Å². The molecule has 5 heteroatoms. The van der Waals surface area contributed by atoms with Crippen molar-refractivity contribution in [2.75, 3.05) is 6.54 Å². The van der Waals surface area contributed by atoms with Crippen LogP contribution in [0.5, 0.6) is 0 Å². The molecular weight excluding hydrogens is 272 g/mol. The molecule has 1 atom stereocenters. The van der Waals surface area contributed by atoms with Crippen LogP contribution < -0.4 is 5.32 Å². The number of nitrogens with one attached hydrogen (secondary N) is 1. The molecule has 1 aromatic rings. The van der Waals surface area contributed by atoms with Crippen LogP contribution in [0.15, 0.2) is 18.2 Å². The van der Waals surface area contributed by atoms with Crippen molar-refractivity contribution in [3.63, 3.8) is 0 Å². The highest BCUT2D eigenvalue weighted by atomic mass is 35.5. The fourth-order valence-corrected chi connectivity index (χ4v) is 2.28. The number of halogens is 3. The number of hydrogen-bond acceptors (Lipinski definition) is 1. The molecule has 1 aromatic carbocycles. The second-order valence-electron chi connectivity index (χ2n) is 5.67. The second kappa shape index (κ2) is 6.33. The molecule has 0 aromatic heterocycles. The zero-order chi connectivity index (χ0) is 14.6. The van der Waals surface area contributed by atoms with E-state index in [1.54, 1.807) is 0 Å². The lowest BCUT2D eigenvalue weighted by atomic mass is 9.90. The van der Waals surface area contributed by atoms with Gasteiger partial charge in [-0.3, -0.25) is 4.79 Å². The molecular formula is C14H18ClF2NO. The first-order valence-electron chi connectivity index (χ1n) is 6.07. The fourth-order valence-electron chi connectivity index (χ4n) is 1.74. The molecule has 19 heavy (non-hydrogen) atoms. The van der Waals surface area contributed by atoms with Gasteiger partial charge in [0, 0.05) is 6.54 Å². The third-order valence-electron chi connectivity index (χ3n) is 2.51. The van der Waals surface area contributed by atoms with Crippen LogP contribution in [0.2, 0.25) is 0 Å². The van der Waals surface area contributed by atoms with E-state index in [1.165, 1.54) is 6.07 Å². The Morgan fingerprint density at radius 2 is 1.84 bits per heavy atom. The molecule has 0 heterocycles. The van der Waals surface area contributed by atoms with E-state index in [0.717, 1.165) is 12.1 Å². The van der Waals surface area contributed by atoms with Gasteiger partial charge in [-0.05, 0) is 24.0 Å². The number of benzene rings is 1. The van der Waals surface area contributed by atoms with Crippen molar-refractivity contribution in [2.24, 2.45) is 5.41 Å². The molecule has 0 fully saturated rings. The summed E-state index contributed by atoms with van der Waals surface area (Å²) in [6, 6.07) is 3.31.